The first-order valence-electron chi connectivity index (χ1n) is 9.15. The minimum Gasteiger partial charge on any atom is -0.373 e. The fourth-order valence-corrected chi connectivity index (χ4v) is 3.68. The van der Waals surface area contributed by atoms with Gasteiger partial charge in [0.1, 0.15) is 0 Å². The smallest absolute Gasteiger partial charge is 0.266 e. The van der Waals surface area contributed by atoms with E-state index < -0.39 is 0 Å². The number of carbonyl (C=O) groups excluding carboxylic acids is 1. The Labute approximate surface area is 148 Å². The molecule has 7 heteroatoms. The Balaban J connectivity index is 1.46. The predicted molar refractivity (Wildman–Crippen MR) is 94.4 cm³/mol. The molecular formula is C18H28N4O3. The predicted octanol–water partition coefficient (Wildman–Crippen LogP) is 0.511. The molecule has 2 aliphatic rings. The van der Waals surface area contributed by atoms with E-state index in [2.05, 4.69) is 10.00 Å². The van der Waals surface area contributed by atoms with Crippen molar-refractivity contribution in [3.05, 3.63) is 28.2 Å². The first-order valence-corrected chi connectivity index (χ1v) is 9.15. The minimum absolute atomic E-state index is 0.0204. The van der Waals surface area contributed by atoms with E-state index >= 15 is 0 Å². The van der Waals surface area contributed by atoms with Gasteiger partial charge in [0.05, 0.1) is 18.4 Å². The van der Waals surface area contributed by atoms with Crippen molar-refractivity contribution in [2.24, 2.45) is 5.92 Å². The molecule has 3 heterocycles. The summed E-state index contributed by atoms with van der Waals surface area (Å²) in [6.07, 6.45) is 2.23. The second-order valence-corrected chi connectivity index (χ2v) is 7.20. The summed E-state index contributed by atoms with van der Waals surface area (Å²) in [6, 6.07) is 3.36. The topological polar surface area (TPSA) is 67.7 Å². The van der Waals surface area contributed by atoms with E-state index in [0.717, 1.165) is 38.2 Å². The summed E-state index contributed by atoms with van der Waals surface area (Å²) >= 11 is 0. The lowest BCUT2D eigenvalue weighted by atomic mass is 9.96. The average Bonchev–Trinajstić information content (AvgIpc) is 2.60. The van der Waals surface area contributed by atoms with Gasteiger partial charge in [0.25, 0.3) is 5.56 Å². The van der Waals surface area contributed by atoms with Crippen LogP contribution in [0.15, 0.2) is 16.9 Å². The third kappa shape index (κ3) is 4.89. The Kier molecular flexibility index (Phi) is 5.86. The third-order valence-electron chi connectivity index (χ3n) is 5.18. The Morgan fingerprint density at radius 1 is 1.24 bits per heavy atom. The summed E-state index contributed by atoms with van der Waals surface area (Å²) in [5.74, 6) is 0.618. The van der Waals surface area contributed by atoms with Crippen LogP contribution in [-0.2, 0) is 16.1 Å². The van der Waals surface area contributed by atoms with Gasteiger partial charge >= 0.3 is 0 Å². The molecule has 1 aromatic heterocycles. The summed E-state index contributed by atoms with van der Waals surface area (Å²) in [6.45, 7) is 9.14. The molecule has 25 heavy (non-hydrogen) atoms. The summed E-state index contributed by atoms with van der Waals surface area (Å²) in [5.41, 5.74) is 0.856. The van der Waals surface area contributed by atoms with Gasteiger partial charge in [0, 0.05) is 39.2 Å². The molecule has 1 amide bonds. The summed E-state index contributed by atoms with van der Waals surface area (Å²) in [7, 11) is 0. The fourth-order valence-electron chi connectivity index (χ4n) is 3.68. The average molecular weight is 348 g/mol. The zero-order valence-electron chi connectivity index (χ0n) is 15.2. The van der Waals surface area contributed by atoms with Gasteiger partial charge in [-0.05, 0) is 44.8 Å². The molecule has 0 radical (unpaired) electrons. The van der Waals surface area contributed by atoms with Crippen LogP contribution in [0, 0.1) is 12.8 Å². The molecule has 7 nitrogen and oxygen atoms in total. The largest absolute Gasteiger partial charge is 0.373 e. The van der Waals surface area contributed by atoms with Crippen LogP contribution in [0.25, 0.3) is 0 Å². The Hall–Kier alpha value is -1.73. The number of piperidine rings is 1. The molecule has 1 aromatic rings. The Morgan fingerprint density at radius 3 is 2.72 bits per heavy atom. The molecule has 1 unspecified atom stereocenters. The lowest BCUT2D eigenvalue weighted by Crippen LogP contribution is -2.50. The second kappa shape index (κ2) is 8.10. The van der Waals surface area contributed by atoms with Crippen molar-refractivity contribution in [1.29, 1.82) is 0 Å². The molecule has 2 saturated heterocycles. The minimum atomic E-state index is -0.0204. The lowest BCUT2D eigenvalue weighted by molar-refractivity contribution is -0.137. The number of amides is 1. The molecule has 0 spiro atoms. The van der Waals surface area contributed by atoms with Crippen LogP contribution in [0.3, 0.4) is 0 Å². The second-order valence-electron chi connectivity index (χ2n) is 7.20. The molecule has 3 rings (SSSR count). The zero-order chi connectivity index (χ0) is 17.8. The molecule has 0 N–H and O–H groups in total. The van der Waals surface area contributed by atoms with Gasteiger partial charge in [0.2, 0.25) is 5.91 Å². The maximum Gasteiger partial charge on any atom is 0.266 e. The quantitative estimate of drug-likeness (QED) is 0.793. The number of nitrogens with zero attached hydrogens (tertiary/aromatic N) is 4. The van der Waals surface area contributed by atoms with Gasteiger partial charge in [-0.2, -0.15) is 5.10 Å². The number of hydrogen-bond donors (Lipinski definition) is 0. The van der Waals surface area contributed by atoms with Crippen LogP contribution in [0.2, 0.25) is 0 Å². The van der Waals surface area contributed by atoms with Crippen LogP contribution >= 0.6 is 0 Å². The van der Waals surface area contributed by atoms with Gasteiger partial charge in [-0.3, -0.25) is 9.59 Å². The van der Waals surface area contributed by atoms with Crippen molar-refractivity contribution in [2.45, 2.75) is 39.3 Å². The third-order valence-corrected chi connectivity index (χ3v) is 5.18. The number of likely N-dealkylation sites (tertiary alicyclic amines) is 1. The molecule has 138 valence electrons. The summed E-state index contributed by atoms with van der Waals surface area (Å²) in [4.78, 5) is 27.7. The van der Waals surface area contributed by atoms with Crippen molar-refractivity contribution in [3.63, 3.8) is 0 Å². The molecule has 0 bridgehead atoms. The van der Waals surface area contributed by atoms with E-state index in [1.54, 1.807) is 23.7 Å². The Morgan fingerprint density at radius 2 is 2.00 bits per heavy atom. The van der Waals surface area contributed by atoms with Crippen molar-refractivity contribution in [3.8, 4) is 0 Å². The Bertz CT molecular complexity index is 652. The first-order chi connectivity index (χ1) is 12.0. The van der Waals surface area contributed by atoms with E-state index in [9.17, 15) is 9.59 Å². The van der Waals surface area contributed by atoms with E-state index in [-0.39, 0.29) is 17.6 Å². The maximum absolute atomic E-state index is 11.9. The zero-order valence-corrected chi connectivity index (χ0v) is 15.2. The van der Waals surface area contributed by atoms with E-state index in [4.69, 9.17) is 4.74 Å². The number of aryl methyl sites for hydroxylation is 1. The van der Waals surface area contributed by atoms with Gasteiger partial charge in [-0.15, -0.1) is 0 Å². The van der Waals surface area contributed by atoms with Crippen molar-refractivity contribution < 1.29 is 9.53 Å². The number of carbonyl (C=O) groups is 1. The number of rotatable bonds is 4. The van der Waals surface area contributed by atoms with E-state index in [0.29, 0.717) is 32.2 Å². The van der Waals surface area contributed by atoms with Crippen LogP contribution in [0.4, 0.5) is 0 Å². The van der Waals surface area contributed by atoms with Gasteiger partial charge in [0.15, 0.2) is 0 Å². The van der Waals surface area contributed by atoms with E-state index in [1.807, 2.05) is 11.8 Å². The lowest BCUT2D eigenvalue weighted by Gasteiger charge is -2.38. The molecular weight excluding hydrogens is 320 g/mol. The molecule has 1 atom stereocenters. The van der Waals surface area contributed by atoms with Crippen LogP contribution < -0.4 is 5.56 Å². The molecule has 2 aliphatic heterocycles. The van der Waals surface area contributed by atoms with Crippen LogP contribution in [0.1, 0.15) is 25.5 Å². The highest BCUT2D eigenvalue weighted by molar-refractivity contribution is 5.73. The van der Waals surface area contributed by atoms with Crippen molar-refractivity contribution in [1.82, 2.24) is 19.6 Å². The highest BCUT2D eigenvalue weighted by Crippen LogP contribution is 2.19. The van der Waals surface area contributed by atoms with Gasteiger partial charge in [-0.1, -0.05) is 0 Å². The highest BCUT2D eigenvalue weighted by Gasteiger charge is 2.26. The SMILES string of the molecule is CC(=O)N1CCOC(CN2CCC(Cn3nc(C)ccc3=O)CC2)C1. The standard InChI is InChI=1S/C18H28N4O3/c1-14-3-4-18(24)22(19-14)11-16-5-7-20(8-6-16)12-17-13-21(15(2)23)9-10-25-17/h3-4,16-17H,5-13H2,1-2H3. The summed E-state index contributed by atoms with van der Waals surface area (Å²) < 4.78 is 7.42. The fraction of sp³-hybridized carbons (Fsp3) is 0.722. The van der Waals surface area contributed by atoms with Crippen molar-refractivity contribution >= 4 is 5.91 Å². The number of aromatic nitrogens is 2. The first kappa shape index (κ1) is 18.1. The van der Waals surface area contributed by atoms with Gasteiger partial charge < -0.3 is 14.5 Å². The molecule has 0 aliphatic carbocycles. The number of hydrogen-bond acceptors (Lipinski definition) is 5. The number of ether oxygens (including phenoxy) is 1. The van der Waals surface area contributed by atoms with Gasteiger partial charge in [-0.25, -0.2) is 4.68 Å². The maximum atomic E-state index is 11.9. The highest BCUT2D eigenvalue weighted by atomic mass is 16.5. The molecule has 0 aromatic carbocycles. The summed E-state index contributed by atoms with van der Waals surface area (Å²) in [5, 5.41) is 4.34. The van der Waals surface area contributed by atoms with E-state index in [1.165, 1.54) is 0 Å². The monoisotopic (exact) mass is 348 g/mol. The molecule has 0 saturated carbocycles. The van der Waals surface area contributed by atoms with Crippen molar-refractivity contribution in [2.75, 3.05) is 39.3 Å². The van der Waals surface area contributed by atoms with Crippen LogP contribution in [-0.4, -0.2) is 70.9 Å². The van der Waals surface area contributed by atoms with Crippen LogP contribution in [0.5, 0.6) is 0 Å². The number of morpholine rings is 1. The normalized spacial score (nSPS) is 23.0. The molecule has 2 fully saturated rings.